The van der Waals surface area contributed by atoms with E-state index in [4.69, 9.17) is 0 Å². The molecule has 3 atom stereocenters. The van der Waals surface area contributed by atoms with Crippen LogP contribution in [0.25, 0.3) is 0 Å². The van der Waals surface area contributed by atoms with Crippen LogP contribution in [0.2, 0.25) is 0 Å². The van der Waals surface area contributed by atoms with E-state index in [0.717, 1.165) is 6.54 Å². The second kappa shape index (κ2) is 2.99. The predicted molar refractivity (Wildman–Crippen MR) is 58.8 cm³/mol. The molecule has 3 heteroatoms. The van der Waals surface area contributed by atoms with E-state index < -0.39 is 0 Å². The van der Waals surface area contributed by atoms with Crippen molar-refractivity contribution in [1.29, 1.82) is 0 Å². The van der Waals surface area contributed by atoms with Crippen LogP contribution in [-0.4, -0.2) is 18.5 Å². The highest BCUT2D eigenvalue weighted by Gasteiger charge is 2.42. The van der Waals surface area contributed by atoms with Crippen molar-refractivity contribution in [3.63, 3.8) is 0 Å². The zero-order valence-corrected chi connectivity index (χ0v) is 8.66. The van der Waals surface area contributed by atoms with Gasteiger partial charge in [-0.05, 0) is 17.5 Å². The third-order valence-electron chi connectivity index (χ3n) is 3.56. The van der Waals surface area contributed by atoms with Crippen LogP contribution in [0, 0.1) is 5.92 Å². The maximum atomic E-state index is 11.7. The van der Waals surface area contributed by atoms with E-state index in [1.807, 2.05) is 12.1 Å². The Kier molecular flexibility index (Phi) is 1.75. The standard InChI is InChI=1S/C12H14N2O/c1-7-8-4-2-3-5-9(8)14-10-6-13-12(15)11(7)10/h2-5,7,10-11,14H,6H2,1H3,(H,13,15)/t7-,10-,11+/m0/s1. The van der Waals surface area contributed by atoms with Gasteiger partial charge in [0.25, 0.3) is 0 Å². The van der Waals surface area contributed by atoms with Gasteiger partial charge in [0.1, 0.15) is 0 Å². The Morgan fingerprint density at radius 1 is 1.33 bits per heavy atom. The molecule has 0 unspecified atom stereocenters. The number of benzene rings is 1. The van der Waals surface area contributed by atoms with E-state index >= 15 is 0 Å². The summed E-state index contributed by atoms with van der Waals surface area (Å²) in [6.45, 7) is 2.89. The van der Waals surface area contributed by atoms with E-state index in [1.165, 1.54) is 11.3 Å². The van der Waals surface area contributed by atoms with Gasteiger partial charge in [0.15, 0.2) is 0 Å². The number of rotatable bonds is 0. The van der Waals surface area contributed by atoms with Crippen molar-refractivity contribution in [3.8, 4) is 0 Å². The summed E-state index contributed by atoms with van der Waals surface area (Å²) in [6, 6.07) is 8.52. The Balaban J connectivity index is 2.07. The maximum Gasteiger partial charge on any atom is 0.225 e. The minimum atomic E-state index is 0.0971. The molecule has 0 aromatic heterocycles. The first kappa shape index (κ1) is 8.77. The monoisotopic (exact) mass is 202 g/mol. The quantitative estimate of drug-likeness (QED) is 0.666. The predicted octanol–water partition coefficient (Wildman–Crippen LogP) is 1.33. The average Bonchev–Trinajstić information content (AvgIpc) is 2.61. The van der Waals surface area contributed by atoms with Crippen molar-refractivity contribution in [1.82, 2.24) is 5.32 Å². The lowest BCUT2D eigenvalue weighted by atomic mass is 9.80. The molecule has 2 N–H and O–H groups in total. The third kappa shape index (κ3) is 1.16. The summed E-state index contributed by atoms with van der Waals surface area (Å²) in [5.74, 6) is 0.601. The molecule has 1 saturated heterocycles. The lowest BCUT2D eigenvalue weighted by Crippen LogP contribution is -2.37. The number of fused-ring (bicyclic) bond motifs is 2. The van der Waals surface area contributed by atoms with Gasteiger partial charge in [0.05, 0.1) is 12.0 Å². The summed E-state index contributed by atoms with van der Waals surface area (Å²) < 4.78 is 0. The molecule has 15 heavy (non-hydrogen) atoms. The van der Waals surface area contributed by atoms with Crippen LogP contribution in [-0.2, 0) is 4.79 Å². The molecule has 2 aliphatic rings. The van der Waals surface area contributed by atoms with Crippen LogP contribution in [0.1, 0.15) is 18.4 Å². The lowest BCUT2D eigenvalue weighted by Gasteiger charge is -2.32. The topological polar surface area (TPSA) is 41.1 Å². The molecule has 0 saturated carbocycles. The van der Waals surface area contributed by atoms with E-state index in [2.05, 4.69) is 29.7 Å². The van der Waals surface area contributed by atoms with Crippen molar-refractivity contribution in [2.24, 2.45) is 5.92 Å². The van der Waals surface area contributed by atoms with Gasteiger partial charge in [-0.3, -0.25) is 4.79 Å². The summed E-state index contributed by atoms with van der Waals surface area (Å²) in [7, 11) is 0. The van der Waals surface area contributed by atoms with E-state index in [9.17, 15) is 4.79 Å². The second-order valence-electron chi connectivity index (χ2n) is 4.40. The van der Waals surface area contributed by atoms with Crippen LogP contribution in [0.5, 0.6) is 0 Å². The molecular weight excluding hydrogens is 188 g/mol. The van der Waals surface area contributed by atoms with Crippen molar-refractivity contribution >= 4 is 11.6 Å². The molecule has 3 nitrogen and oxygen atoms in total. The normalized spacial score (nSPS) is 32.6. The molecule has 3 rings (SSSR count). The molecule has 78 valence electrons. The Morgan fingerprint density at radius 3 is 3.00 bits per heavy atom. The van der Waals surface area contributed by atoms with Crippen LogP contribution >= 0.6 is 0 Å². The van der Waals surface area contributed by atoms with Gasteiger partial charge in [0, 0.05) is 12.2 Å². The first-order valence-corrected chi connectivity index (χ1v) is 5.40. The zero-order valence-electron chi connectivity index (χ0n) is 8.66. The first-order chi connectivity index (χ1) is 7.27. The molecule has 0 aliphatic carbocycles. The summed E-state index contributed by atoms with van der Waals surface area (Å²) in [4.78, 5) is 11.7. The summed E-state index contributed by atoms with van der Waals surface area (Å²) >= 11 is 0. The first-order valence-electron chi connectivity index (χ1n) is 5.40. The molecule has 1 amide bonds. The van der Waals surface area contributed by atoms with Gasteiger partial charge in [-0.15, -0.1) is 0 Å². The smallest absolute Gasteiger partial charge is 0.225 e. The fourth-order valence-electron chi connectivity index (χ4n) is 2.77. The number of para-hydroxylation sites is 1. The highest BCUT2D eigenvalue weighted by Crippen LogP contribution is 2.39. The fourth-order valence-corrected chi connectivity index (χ4v) is 2.77. The number of carbonyl (C=O) groups is 1. The Hall–Kier alpha value is -1.51. The number of hydrogen-bond donors (Lipinski definition) is 2. The molecular formula is C12H14N2O. The van der Waals surface area contributed by atoms with E-state index in [-0.39, 0.29) is 17.9 Å². The Labute approximate surface area is 88.9 Å². The van der Waals surface area contributed by atoms with Gasteiger partial charge in [0.2, 0.25) is 5.91 Å². The largest absolute Gasteiger partial charge is 0.379 e. The van der Waals surface area contributed by atoms with E-state index in [1.54, 1.807) is 0 Å². The summed E-state index contributed by atoms with van der Waals surface area (Å²) in [5.41, 5.74) is 2.44. The van der Waals surface area contributed by atoms with Gasteiger partial charge >= 0.3 is 0 Å². The molecule has 1 aromatic rings. The second-order valence-corrected chi connectivity index (χ2v) is 4.40. The number of amides is 1. The molecule has 0 spiro atoms. The lowest BCUT2D eigenvalue weighted by molar-refractivity contribution is -0.123. The Morgan fingerprint density at radius 2 is 2.13 bits per heavy atom. The molecule has 0 bridgehead atoms. The zero-order chi connectivity index (χ0) is 10.4. The highest BCUT2D eigenvalue weighted by atomic mass is 16.2. The Bertz CT molecular complexity index is 416. The van der Waals surface area contributed by atoms with Gasteiger partial charge in [-0.1, -0.05) is 25.1 Å². The minimum absolute atomic E-state index is 0.0971. The van der Waals surface area contributed by atoms with Crippen LogP contribution in [0.4, 0.5) is 5.69 Å². The maximum absolute atomic E-state index is 11.7. The number of nitrogens with one attached hydrogen (secondary N) is 2. The third-order valence-corrected chi connectivity index (χ3v) is 3.56. The summed E-state index contributed by atoms with van der Waals surface area (Å²) in [5, 5.41) is 6.36. The van der Waals surface area contributed by atoms with Crippen molar-refractivity contribution in [3.05, 3.63) is 29.8 Å². The van der Waals surface area contributed by atoms with Crippen molar-refractivity contribution in [2.45, 2.75) is 18.9 Å². The van der Waals surface area contributed by atoms with Crippen LogP contribution in [0.3, 0.4) is 0 Å². The molecule has 1 aromatic carbocycles. The highest BCUT2D eigenvalue weighted by molar-refractivity contribution is 5.85. The minimum Gasteiger partial charge on any atom is -0.379 e. The SMILES string of the molecule is C[C@H]1c2ccccc2N[C@H]2CNC(=O)[C@@H]21. The van der Waals surface area contributed by atoms with Crippen LogP contribution in [0.15, 0.2) is 24.3 Å². The number of anilines is 1. The van der Waals surface area contributed by atoms with Crippen molar-refractivity contribution in [2.75, 3.05) is 11.9 Å². The van der Waals surface area contributed by atoms with Gasteiger partial charge in [-0.25, -0.2) is 0 Å². The fraction of sp³-hybridized carbons (Fsp3) is 0.417. The van der Waals surface area contributed by atoms with Gasteiger partial charge < -0.3 is 10.6 Å². The van der Waals surface area contributed by atoms with E-state index in [0.29, 0.717) is 5.92 Å². The number of carbonyl (C=O) groups excluding carboxylic acids is 1. The molecule has 2 heterocycles. The average molecular weight is 202 g/mol. The van der Waals surface area contributed by atoms with Crippen molar-refractivity contribution < 1.29 is 4.79 Å². The van der Waals surface area contributed by atoms with Crippen LogP contribution < -0.4 is 10.6 Å². The number of hydrogen-bond acceptors (Lipinski definition) is 2. The molecule has 0 radical (unpaired) electrons. The molecule has 2 aliphatic heterocycles. The summed E-state index contributed by atoms with van der Waals surface area (Å²) in [6.07, 6.45) is 0. The van der Waals surface area contributed by atoms with Gasteiger partial charge in [-0.2, -0.15) is 0 Å². The molecule has 1 fully saturated rings.